The maximum absolute atomic E-state index is 13.4. The second-order valence-electron chi connectivity index (χ2n) is 7.69. The average molecular weight is 372 g/mol. The number of carbonyl (C=O) groups excluding carboxylic acids is 1. The van der Waals surface area contributed by atoms with Crippen LogP contribution in [0.25, 0.3) is 0 Å². The highest BCUT2D eigenvalue weighted by Crippen LogP contribution is 2.36. The Morgan fingerprint density at radius 2 is 1.46 bits per heavy atom. The monoisotopic (exact) mass is 372 g/mol. The molecule has 1 heterocycles. The number of aliphatic hydroxyl groups is 1. The molecule has 0 saturated carbocycles. The topological polar surface area (TPSA) is 41.7 Å². The standard InChI is InChI=1S/C25H25NO2/c27-24(21-12-6-2-7-13-21)23-19-26(18-20-10-4-1-5-11-20)17-16-25(23,28)22-14-8-3-9-15-22/h1-15,23,28H,16-19H2/p+1/t23-,25-/m1/s1. The van der Waals surface area contributed by atoms with Crippen LogP contribution in [0.1, 0.15) is 27.9 Å². The number of Topliss-reactive ketones (excluding diaryl/α,β-unsaturated/α-hetero) is 1. The normalized spacial score (nSPS) is 24.6. The fraction of sp³-hybridized carbons (Fsp3) is 0.240. The molecule has 28 heavy (non-hydrogen) atoms. The predicted octanol–water partition coefficient (Wildman–Crippen LogP) is 2.86. The lowest BCUT2D eigenvalue weighted by molar-refractivity contribution is -0.924. The van der Waals surface area contributed by atoms with E-state index in [1.165, 1.54) is 10.5 Å². The lowest BCUT2D eigenvalue weighted by Gasteiger charge is -2.42. The molecule has 3 aromatic rings. The summed E-state index contributed by atoms with van der Waals surface area (Å²) in [5.41, 5.74) is 1.63. The molecule has 3 nitrogen and oxygen atoms in total. The Hall–Kier alpha value is -2.75. The lowest BCUT2D eigenvalue weighted by atomic mass is 9.72. The van der Waals surface area contributed by atoms with E-state index in [2.05, 4.69) is 12.1 Å². The van der Waals surface area contributed by atoms with Gasteiger partial charge in [0.05, 0.1) is 13.1 Å². The molecule has 1 saturated heterocycles. The number of nitrogens with one attached hydrogen (secondary N) is 1. The molecule has 0 aliphatic carbocycles. The van der Waals surface area contributed by atoms with E-state index in [1.54, 1.807) is 0 Å². The van der Waals surface area contributed by atoms with E-state index < -0.39 is 11.5 Å². The number of hydrogen-bond acceptors (Lipinski definition) is 2. The van der Waals surface area contributed by atoms with Gasteiger partial charge < -0.3 is 10.0 Å². The summed E-state index contributed by atoms with van der Waals surface area (Å²) >= 11 is 0. The summed E-state index contributed by atoms with van der Waals surface area (Å²) in [7, 11) is 0. The second-order valence-corrected chi connectivity index (χ2v) is 7.69. The zero-order chi connectivity index (χ0) is 19.4. The van der Waals surface area contributed by atoms with Crippen LogP contribution in [0.5, 0.6) is 0 Å². The van der Waals surface area contributed by atoms with Crippen LogP contribution in [-0.2, 0) is 12.1 Å². The first-order valence-corrected chi connectivity index (χ1v) is 9.91. The van der Waals surface area contributed by atoms with Crippen LogP contribution in [-0.4, -0.2) is 24.0 Å². The molecule has 1 aliphatic heterocycles. The maximum atomic E-state index is 13.4. The van der Waals surface area contributed by atoms with Crippen molar-refractivity contribution in [1.82, 2.24) is 0 Å². The van der Waals surface area contributed by atoms with E-state index in [1.807, 2.05) is 78.9 Å². The highest BCUT2D eigenvalue weighted by molar-refractivity contribution is 5.98. The minimum absolute atomic E-state index is 0.0252. The van der Waals surface area contributed by atoms with Crippen molar-refractivity contribution in [3.05, 3.63) is 108 Å². The first-order valence-electron chi connectivity index (χ1n) is 9.91. The largest absolute Gasteiger partial charge is 0.384 e. The van der Waals surface area contributed by atoms with Crippen LogP contribution in [0.3, 0.4) is 0 Å². The van der Waals surface area contributed by atoms with Crippen LogP contribution >= 0.6 is 0 Å². The fourth-order valence-electron chi connectivity index (χ4n) is 4.33. The highest BCUT2D eigenvalue weighted by Gasteiger charge is 2.48. The van der Waals surface area contributed by atoms with Crippen molar-refractivity contribution in [1.29, 1.82) is 0 Å². The van der Waals surface area contributed by atoms with Crippen LogP contribution in [0.4, 0.5) is 0 Å². The smallest absolute Gasteiger partial charge is 0.174 e. The number of likely N-dealkylation sites (tertiary alicyclic amines) is 1. The summed E-state index contributed by atoms with van der Waals surface area (Å²) in [6.45, 7) is 2.32. The fourth-order valence-corrected chi connectivity index (χ4v) is 4.33. The molecule has 0 amide bonds. The van der Waals surface area contributed by atoms with Crippen molar-refractivity contribution in [2.24, 2.45) is 5.92 Å². The van der Waals surface area contributed by atoms with Crippen LogP contribution in [0.2, 0.25) is 0 Å². The third-order valence-electron chi connectivity index (χ3n) is 5.87. The molecule has 0 radical (unpaired) electrons. The van der Waals surface area contributed by atoms with E-state index in [4.69, 9.17) is 0 Å². The van der Waals surface area contributed by atoms with Crippen LogP contribution in [0.15, 0.2) is 91.0 Å². The minimum Gasteiger partial charge on any atom is -0.384 e. The number of piperidine rings is 1. The zero-order valence-corrected chi connectivity index (χ0v) is 15.9. The summed E-state index contributed by atoms with van der Waals surface area (Å²) in [5, 5.41) is 11.7. The summed E-state index contributed by atoms with van der Waals surface area (Å²) in [6.07, 6.45) is 0.572. The van der Waals surface area contributed by atoms with Crippen molar-refractivity contribution < 1.29 is 14.8 Å². The Bertz CT molecular complexity index is 911. The predicted molar refractivity (Wildman–Crippen MR) is 110 cm³/mol. The molecule has 3 atom stereocenters. The van der Waals surface area contributed by atoms with E-state index in [-0.39, 0.29) is 5.78 Å². The van der Waals surface area contributed by atoms with Gasteiger partial charge in [-0.15, -0.1) is 0 Å². The zero-order valence-electron chi connectivity index (χ0n) is 15.9. The number of hydrogen-bond donors (Lipinski definition) is 2. The van der Waals surface area contributed by atoms with Gasteiger partial charge in [-0.1, -0.05) is 91.0 Å². The molecular formula is C25H26NO2+. The van der Waals surface area contributed by atoms with E-state index in [9.17, 15) is 9.90 Å². The van der Waals surface area contributed by atoms with Crippen LogP contribution < -0.4 is 4.90 Å². The van der Waals surface area contributed by atoms with Gasteiger partial charge in [-0.2, -0.15) is 0 Å². The van der Waals surface area contributed by atoms with Crippen LogP contribution in [0, 0.1) is 5.92 Å². The molecule has 3 heteroatoms. The molecular weight excluding hydrogens is 346 g/mol. The Balaban J connectivity index is 1.65. The van der Waals surface area contributed by atoms with Gasteiger partial charge >= 0.3 is 0 Å². The molecule has 1 fully saturated rings. The van der Waals surface area contributed by atoms with Crippen molar-refractivity contribution in [2.45, 2.75) is 18.6 Å². The number of benzene rings is 3. The van der Waals surface area contributed by atoms with Crippen molar-refractivity contribution in [3.8, 4) is 0 Å². The summed E-state index contributed by atoms with van der Waals surface area (Å²) < 4.78 is 0. The van der Waals surface area contributed by atoms with Crippen molar-refractivity contribution in [3.63, 3.8) is 0 Å². The molecule has 142 valence electrons. The lowest BCUT2D eigenvalue weighted by Crippen LogP contribution is -3.13. The van der Waals surface area contributed by atoms with Crippen molar-refractivity contribution in [2.75, 3.05) is 13.1 Å². The van der Waals surface area contributed by atoms with E-state index in [0.717, 1.165) is 18.7 Å². The van der Waals surface area contributed by atoms with Gasteiger partial charge in [0, 0.05) is 17.5 Å². The molecule has 0 aromatic heterocycles. The minimum atomic E-state index is -1.13. The van der Waals surface area contributed by atoms with Gasteiger partial charge in [0.25, 0.3) is 0 Å². The number of ketones is 1. The average Bonchev–Trinajstić information content (AvgIpc) is 2.77. The molecule has 0 spiro atoms. The second kappa shape index (κ2) is 8.09. The Morgan fingerprint density at radius 3 is 2.11 bits per heavy atom. The third-order valence-corrected chi connectivity index (χ3v) is 5.87. The van der Waals surface area contributed by atoms with Gasteiger partial charge in [0.15, 0.2) is 5.78 Å². The first-order chi connectivity index (χ1) is 13.7. The van der Waals surface area contributed by atoms with E-state index >= 15 is 0 Å². The molecule has 4 rings (SSSR count). The van der Waals surface area contributed by atoms with Gasteiger partial charge in [-0.3, -0.25) is 4.79 Å². The Kier molecular flexibility index (Phi) is 5.38. The number of rotatable bonds is 5. The number of quaternary nitrogens is 1. The van der Waals surface area contributed by atoms with Gasteiger partial charge in [0.2, 0.25) is 0 Å². The SMILES string of the molecule is O=C(c1ccccc1)[C@H]1C[NH+](Cc2ccccc2)CC[C@@]1(O)c1ccccc1. The van der Waals surface area contributed by atoms with E-state index in [0.29, 0.717) is 18.5 Å². The van der Waals surface area contributed by atoms with Gasteiger partial charge in [-0.25, -0.2) is 0 Å². The maximum Gasteiger partial charge on any atom is 0.174 e. The first kappa shape index (κ1) is 18.6. The quantitative estimate of drug-likeness (QED) is 0.677. The van der Waals surface area contributed by atoms with Gasteiger partial charge in [0.1, 0.15) is 18.1 Å². The molecule has 2 N–H and O–H groups in total. The summed E-state index contributed by atoms with van der Waals surface area (Å²) in [4.78, 5) is 14.7. The Labute approximate surface area is 166 Å². The molecule has 1 unspecified atom stereocenters. The molecule has 0 bridgehead atoms. The molecule has 3 aromatic carbocycles. The number of carbonyl (C=O) groups is 1. The Morgan fingerprint density at radius 1 is 0.893 bits per heavy atom. The highest BCUT2D eigenvalue weighted by atomic mass is 16.3. The summed E-state index contributed by atoms with van der Waals surface area (Å²) in [6, 6.07) is 29.4. The summed E-state index contributed by atoms with van der Waals surface area (Å²) in [5.74, 6) is -0.443. The third kappa shape index (κ3) is 3.77. The van der Waals surface area contributed by atoms with Gasteiger partial charge in [-0.05, 0) is 5.56 Å². The van der Waals surface area contributed by atoms with Crippen molar-refractivity contribution >= 4 is 5.78 Å². The molecule has 1 aliphatic rings.